The van der Waals surface area contributed by atoms with E-state index in [1.165, 1.54) is 6.07 Å². The van der Waals surface area contributed by atoms with Crippen LogP contribution in [0.2, 0.25) is 10.3 Å². The molecule has 1 aliphatic heterocycles. The molecule has 0 spiro atoms. The monoisotopic (exact) mass is 409 g/mol. The highest BCUT2D eigenvalue weighted by Crippen LogP contribution is 2.43. The van der Waals surface area contributed by atoms with Gasteiger partial charge in [-0.25, -0.2) is 14.2 Å². The molecule has 27 heavy (non-hydrogen) atoms. The SMILES string of the molecule is CC1CC(=O)c2c(cc(O)c3c(-c4cc(F)c(Cl)nc4Cl)cc(=O)oc23)O1. The lowest BCUT2D eigenvalue weighted by atomic mass is 9.95. The number of ether oxygens (including phenoxy) is 1. The number of halogens is 3. The van der Waals surface area contributed by atoms with Gasteiger partial charge in [-0.15, -0.1) is 0 Å². The largest absolute Gasteiger partial charge is 0.507 e. The van der Waals surface area contributed by atoms with Crippen molar-refractivity contribution in [3.8, 4) is 22.6 Å². The van der Waals surface area contributed by atoms with Crippen molar-refractivity contribution in [1.82, 2.24) is 4.98 Å². The molecular formula is C18H10Cl2FNO5. The third-order valence-electron chi connectivity index (χ3n) is 4.22. The number of Topliss-reactive ketones (excluding diaryl/α,β-unsaturated/α-hetero) is 1. The lowest BCUT2D eigenvalue weighted by Gasteiger charge is -2.23. The minimum Gasteiger partial charge on any atom is -0.507 e. The number of rotatable bonds is 1. The summed E-state index contributed by atoms with van der Waals surface area (Å²) in [6.07, 6.45) is -0.306. The molecule has 1 aliphatic rings. The summed E-state index contributed by atoms with van der Waals surface area (Å²) in [7, 11) is 0. The number of aromatic nitrogens is 1. The Bertz CT molecular complexity index is 1190. The van der Waals surface area contributed by atoms with Gasteiger partial charge in [0.2, 0.25) is 0 Å². The van der Waals surface area contributed by atoms with Crippen molar-refractivity contribution in [2.75, 3.05) is 0 Å². The molecule has 0 saturated carbocycles. The van der Waals surface area contributed by atoms with Crippen molar-refractivity contribution in [3.63, 3.8) is 0 Å². The van der Waals surface area contributed by atoms with E-state index < -0.39 is 16.6 Å². The zero-order valence-corrected chi connectivity index (χ0v) is 15.2. The highest BCUT2D eigenvalue weighted by molar-refractivity contribution is 6.34. The van der Waals surface area contributed by atoms with Crippen LogP contribution in [-0.2, 0) is 0 Å². The average molecular weight is 410 g/mol. The van der Waals surface area contributed by atoms with Gasteiger partial charge in [-0.2, -0.15) is 0 Å². The molecule has 3 heterocycles. The maximum Gasteiger partial charge on any atom is 0.336 e. The van der Waals surface area contributed by atoms with Gasteiger partial charge in [0.05, 0.1) is 5.39 Å². The molecule has 1 atom stereocenters. The van der Waals surface area contributed by atoms with Crippen molar-refractivity contribution in [1.29, 1.82) is 0 Å². The summed E-state index contributed by atoms with van der Waals surface area (Å²) in [5.41, 5.74) is -0.859. The zero-order chi connectivity index (χ0) is 19.5. The Hall–Kier alpha value is -2.64. The average Bonchev–Trinajstić information content (AvgIpc) is 2.56. The number of phenolic OH excluding ortho intramolecular Hbond substituents is 1. The highest BCUT2D eigenvalue weighted by Gasteiger charge is 2.30. The molecule has 0 bridgehead atoms. The topological polar surface area (TPSA) is 89.6 Å². The lowest BCUT2D eigenvalue weighted by molar-refractivity contribution is 0.0871. The molecule has 0 saturated heterocycles. The number of benzene rings is 1. The van der Waals surface area contributed by atoms with Gasteiger partial charge in [0, 0.05) is 29.7 Å². The molecule has 2 aromatic heterocycles. The van der Waals surface area contributed by atoms with Crippen LogP contribution in [0, 0.1) is 5.82 Å². The van der Waals surface area contributed by atoms with Crippen molar-refractivity contribution >= 4 is 40.0 Å². The van der Waals surface area contributed by atoms with E-state index >= 15 is 0 Å². The van der Waals surface area contributed by atoms with Gasteiger partial charge in [-0.05, 0) is 13.0 Å². The molecule has 4 rings (SSSR count). The Morgan fingerprint density at radius 2 is 1.93 bits per heavy atom. The van der Waals surface area contributed by atoms with E-state index in [4.69, 9.17) is 32.4 Å². The minimum absolute atomic E-state index is 0.0178. The number of ketones is 1. The van der Waals surface area contributed by atoms with E-state index in [-0.39, 0.29) is 62.6 Å². The van der Waals surface area contributed by atoms with Crippen LogP contribution in [0.15, 0.2) is 27.4 Å². The smallest absolute Gasteiger partial charge is 0.336 e. The Morgan fingerprint density at radius 1 is 1.19 bits per heavy atom. The molecule has 0 aliphatic carbocycles. The van der Waals surface area contributed by atoms with Crippen LogP contribution in [0.1, 0.15) is 23.7 Å². The molecule has 1 unspecified atom stereocenters. The van der Waals surface area contributed by atoms with Gasteiger partial charge in [-0.1, -0.05) is 23.2 Å². The second kappa shape index (κ2) is 6.21. The summed E-state index contributed by atoms with van der Waals surface area (Å²) in [5, 5.41) is 9.92. The lowest BCUT2D eigenvalue weighted by Crippen LogP contribution is -2.24. The first kappa shape index (κ1) is 17.8. The highest BCUT2D eigenvalue weighted by atomic mass is 35.5. The molecule has 1 aromatic carbocycles. The summed E-state index contributed by atoms with van der Waals surface area (Å²) < 4.78 is 24.7. The van der Waals surface area contributed by atoms with Gasteiger partial charge in [-0.3, -0.25) is 4.79 Å². The van der Waals surface area contributed by atoms with Crippen molar-refractivity contribution in [2.45, 2.75) is 19.4 Å². The summed E-state index contributed by atoms with van der Waals surface area (Å²) >= 11 is 11.7. The minimum atomic E-state index is -0.858. The van der Waals surface area contributed by atoms with E-state index in [2.05, 4.69) is 4.98 Å². The molecule has 0 fully saturated rings. The molecule has 3 aromatic rings. The Morgan fingerprint density at radius 3 is 2.67 bits per heavy atom. The van der Waals surface area contributed by atoms with E-state index in [0.717, 1.165) is 12.1 Å². The first-order chi connectivity index (χ1) is 12.8. The fraction of sp³-hybridized carbons (Fsp3) is 0.167. The number of carbonyl (C=O) groups is 1. The van der Waals surface area contributed by atoms with E-state index in [0.29, 0.717) is 0 Å². The van der Waals surface area contributed by atoms with Gasteiger partial charge >= 0.3 is 5.63 Å². The number of hydrogen-bond acceptors (Lipinski definition) is 6. The molecule has 0 radical (unpaired) electrons. The second-order valence-electron chi connectivity index (χ2n) is 6.11. The van der Waals surface area contributed by atoms with Crippen LogP contribution < -0.4 is 10.4 Å². The Labute approximate surface area is 161 Å². The maximum absolute atomic E-state index is 13.9. The molecule has 1 N–H and O–H groups in total. The van der Waals surface area contributed by atoms with E-state index in [9.17, 15) is 19.1 Å². The van der Waals surface area contributed by atoms with Crippen LogP contribution in [0.4, 0.5) is 4.39 Å². The van der Waals surface area contributed by atoms with Crippen molar-refractivity contribution < 1.29 is 23.4 Å². The number of fused-ring (bicyclic) bond motifs is 3. The number of carbonyl (C=O) groups excluding carboxylic acids is 1. The molecule has 9 heteroatoms. The van der Waals surface area contributed by atoms with Crippen molar-refractivity contribution in [3.05, 3.63) is 50.3 Å². The summed E-state index contributed by atoms with van der Waals surface area (Å²) in [6, 6.07) is 3.27. The van der Waals surface area contributed by atoms with Gasteiger partial charge in [0.15, 0.2) is 22.3 Å². The third-order valence-corrected chi connectivity index (χ3v) is 4.77. The molecule has 6 nitrogen and oxygen atoms in total. The quantitative estimate of drug-likeness (QED) is 0.474. The van der Waals surface area contributed by atoms with Gasteiger partial charge < -0.3 is 14.3 Å². The summed E-state index contributed by atoms with van der Waals surface area (Å²) in [4.78, 5) is 28.3. The number of hydrogen-bond donors (Lipinski definition) is 1. The molecule has 0 amide bonds. The van der Waals surface area contributed by atoms with Crippen LogP contribution in [0.3, 0.4) is 0 Å². The number of pyridine rings is 1. The van der Waals surface area contributed by atoms with E-state index in [1.54, 1.807) is 6.92 Å². The first-order valence-electron chi connectivity index (χ1n) is 7.82. The fourth-order valence-corrected chi connectivity index (χ4v) is 3.55. The Kier molecular flexibility index (Phi) is 4.09. The summed E-state index contributed by atoms with van der Waals surface area (Å²) in [5.74, 6) is -1.38. The second-order valence-corrected chi connectivity index (χ2v) is 6.82. The van der Waals surface area contributed by atoms with E-state index in [1.807, 2.05) is 0 Å². The Balaban J connectivity index is 2.13. The zero-order valence-electron chi connectivity index (χ0n) is 13.7. The van der Waals surface area contributed by atoms with Crippen LogP contribution in [-0.4, -0.2) is 22.0 Å². The predicted molar refractivity (Wildman–Crippen MR) is 96.4 cm³/mol. The number of aromatic hydroxyl groups is 1. The van der Waals surface area contributed by atoms with Crippen molar-refractivity contribution in [2.24, 2.45) is 0 Å². The van der Waals surface area contributed by atoms with Gasteiger partial charge in [0.25, 0.3) is 0 Å². The third kappa shape index (κ3) is 2.83. The number of nitrogens with zero attached hydrogens (tertiary/aromatic N) is 1. The molecular weight excluding hydrogens is 400 g/mol. The predicted octanol–water partition coefficient (Wildman–Crippen LogP) is 4.36. The van der Waals surface area contributed by atoms with Crippen LogP contribution in [0.25, 0.3) is 22.1 Å². The fourth-order valence-electron chi connectivity index (χ4n) is 3.13. The standard InChI is InChI=1S/C18H10Cl2FNO5/c1-6-2-10(23)15-12(26-6)5-11(24)14-7(4-13(25)27-16(14)15)8-3-9(21)18(20)22-17(8)19/h3-6,24H,2H2,1H3. The normalized spacial score (nSPS) is 16.3. The van der Waals surface area contributed by atoms with Crippen LogP contribution in [0.5, 0.6) is 11.5 Å². The first-order valence-corrected chi connectivity index (χ1v) is 8.57. The number of phenols is 1. The van der Waals surface area contributed by atoms with Gasteiger partial charge in [0.1, 0.15) is 28.3 Å². The van der Waals surface area contributed by atoms with Crippen LogP contribution >= 0.6 is 23.2 Å². The maximum atomic E-state index is 13.9. The summed E-state index contributed by atoms with van der Waals surface area (Å²) in [6.45, 7) is 1.70. The molecule has 138 valence electrons.